The maximum atomic E-state index is 12.4. The first-order valence-electron chi connectivity index (χ1n) is 9.06. The van der Waals surface area contributed by atoms with Crippen LogP contribution in [-0.4, -0.2) is 24.1 Å². The van der Waals surface area contributed by atoms with E-state index in [1.54, 1.807) is 24.3 Å². The summed E-state index contributed by atoms with van der Waals surface area (Å²) in [6.07, 6.45) is 2.98. The Morgan fingerprint density at radius 1 is 0.960 bits per heavy atom. The van der Waals surface area contributed by atoms with Crippen LogP contribution in [0.25, 0.3) is 0 Å². The van der Waals surface area contributed by atoms with Crippen LogP contribution >= 0.6 is 0 Å². The van der Waals surface area contributed by atoms with Crippen molar-refractivity contribution in [3.05, 3.63) is 29.8 Å². The molecule has 0 unspecified atom stereocenters. The normalized spacial score (nSPS) is 20.2. The molecule has 1 fully saturated rings. The molecule has 0 aromatic heterocycles. The van der Waals surface area contributed by atoms with Crippen LogP contribution in [0.3, 0.4) is 0 Å². The van der Waals surface area contributed by atoms with Gasteiger partial charge in [-0.3, -0.25) is 14.4 Å². The van der Waals surface area contributed by atoms with E-state index in [4.69, 9.17) is 0 Å². The van der Waals surface area contributed by atoms with Gasteiger partial charge in [0.2, 0.25) is 11.8 Å². The van der Waals surface area contributed by atoms with E-state index < -0.39 is 0 Å². The first-order chi connectivity index (χ1) is 11.9. The molecule has 0 aliphatic heterocycles. The number of hydrogen-bond donors (Lipinski definition) is 2. The number of Topliss-reactive ketones (excluding diaryl/α,β-unsaturated/α-hetero) is 1. The van der Waals surface area contributed by atoms with E-state index in [2.05, 4.69) is 24.5 Å². The molecule has 2 rings (SSSR count). The fourth-order valence-corrected chi connectivity index (χ4v) is 3.10. The van der Waals surface area contributed by atoms with Crippen LogP contribution in [0.2, 0.25) is 0 Å². The van der Waals surface area contributed by atoms with Crippen molar-refractivity contribution in [1.29, 1.82) is 0 Å². The van der Waals surface area contributed by atoms with Gasteiger partial charge in [0.1, 0.15) is 0 Å². The number of anilines is 1. The van der Waals surface area contributed by atoms with Crippen molar-refractivity contribution < 1.29 is 14.4 Å². The van der Waals surface area contributed by atoms with E-state index >= 15 is 0 Å². The van der Waals surface area contributed by atoms with Crippen LogP contribution in [0, 0.1) is 17.8 Å². The summed E-state index contributed by atoms with van der Waals surface area (Å²) < 4.78 is 0. The minimum atomic E-state index is -0.0540. The second-order valence-electron chi connectivity index (χ2n) is 7.31. The van der Waals surface area contributed by atoms with Crippen LogP contribution in [0.4, 0.5) is 5.69 Å². The number of carbonyl (C=O) groups excluding carboxylic acids is 3. The highest BCUT2D eigenvalue weighted by Gasteiger charge is 2.29. The monoisotopic (exact) mass is 344 g/mol. The number of amides is 2. The second-order valence-corrected chi connectivity index (χ2v) is 7.31. The standard InChI is InChI=1S/C20H28N2O3/c1-13(2)12-21-19(24)16-4-6-17(7-5-16)20(25)22-18-10-8-15(9-11-18)14(3)23/h8-11,13,16-17H,4-7,12H2,1-3H3,(H,21,24)(H,22,25). The lowest BCUT2D eigenvalue weighted by molar-refractivity contribution is -0.128. The van der Waals surface area contributed by atoms with E-state index in [0.29, 0.717) is 23.7 Å². The Hall–Kier alpha value is -2.17. The molecule has 1 aromatic rings. The number of benzene rings is 1. The fraction of sp³-hybridized carbons (Fsp3) is 0.550. The SMILES string of the molecule is CC(=O)c1ccc(NC(=O)C2CCC(C(=O)NCC(C)C)CC2)cc1. The van der Waals surface area contributed by atoms with Gasteiger partial charge in [-0.05, 0) is 62.8 Å². The van der Waals surface area contributed by atoms with Crippen molar-refractivity contribution in [2.45, 2.75) is 46.5 Å². The maximum absolute atomic E-state index is 12.4. The summed E-state index contributed by atoms with van der Waals surface area (Å²) in [6.45, 7) is 6.37. The molecule has 0 bridgehead atoms. The van der Waals surface area contributed by atoms with E-state index in [-0.39, 0.29) is 29.4 Å². The Bertz CT molecular complexity index is 614. The van der Waals surface area contributed by atoms with Gasteiger partial charge >= 0.3 is 0 Å². The number of rotatable bonds is 6. The van der Waals surface area contributed by atoms with Crippen molar-refractivity contribution >= 4 is 23.3 Å². The molecule has 0 spiro atoms. The lowest BCUT2D eigenvalue weighted by atomic mass is 9.81. The molecule has 1 aliphatic carbocycles. The summed E-state index contributed by atoms with van der Waals surface area (Å²) >= 11 is 0. The zero-order valence-corrected chi connectivity index (χ0v) is 15.3. The first kappa shape index (κ1) is 19.2. The largest absolute Gasteiger partial charge is 0.356 e. The summed E-state index contributed by atoms with van der Waals surface area (Å²) in [4.78, 5) is 35.8. The van der Waals surface area contributed by atoms with E-state index in [1.807, 2.05) is 0 Å². The molecule has 5 nitrogen and oxygen atoms in total. The Morgan fingerprint density at radius 3 is 1.96 bits per heavy atom. The zero-order chi connectivity index (χ0) is 18.4. The van der Waals surface area contributed by atoms with Crippen LogP contribution < -0.4 is 10.6 Å². The van der Waals surface area contributed by atoms with E-state index in [0.717, 1.165) is 25.7 Å². The predicted octanol–water partition coefficient (Wildman–Crippen LogP) is 3.41. The topological polar surface area (TPSA) is 75.3 Å². The molecule has 0 saturated heterocycles. The molecule has 5 heteroatoms. The van der Waals surface area contributed by atoms with Gasteiger partial charge in [-0.2, -0.15) is 0 Å². The highest BCUT2D eigenvalue weighted by Crippen LogP contribution is 2.30. The van der Waals surface area contributed by atoms with Gasteiger partial charge in [0, 0.05) is 29.6 Å². The van der Waals surface area contributed by atoms with Crippen molar-refractivity contribution in [2.75, 3.05) is 11.9 Å². The third-order valence-electron chi connectivity index (χ3n) is 4.71. The Labute approximate surface area is 149 Å². The Kier molecular flexibility index (Phi) is 6.73. The van der Waals surface area contributed by atoms with Crippen LogP contribution in [0.5, 0.6) is 0 Å². The minimum Gasteiger partial charge on any atom is -0.356 e. The van der Waals surface area contributed by atoms with Crippen molar-refractivity contribution in [3.8, 4) is 0 Å². The van der Waals surface area contributed by atoms with Gasteiger partial charge in [0.15, 0.2) is 5.78 Å². The Balaban J connectivity index is 1.80. The molecule has 25 heavy (non-hydrogen) atoms. The summed E-state index contributed by atoms with van der Waals surface area (Å²) in [5.41, 5.74) is 1.33. The van der Waals surface area contributed by atoms with E-state index in [9.17, 15) is 14.4 Å². The minimum absolute atomic E-state index is 0.00314. The predicted molar refractivity (Wildman–Crippen MR) is 98.4 cm³/mol. The lowest BCUT2D eigenvalue weighted by Gasteiger charge is -2.27. The molecule has 136 valence electrons. The van der Waals surface area contributed by atoms with Crippen LogP contribution in [0.1, 0.15) is 56.8 Å². The van der Waals surface area contributed by atoms with Crippen molar-refractivity contribution in [3.63, 3.8) is 0 Å². The Morgan fingerprint density at radius 2 is 1.48 bits per heavy atom. The summed E-state index contributed by atoms with van der Waals surface area (Å²) in [6, 6.07) is 6.93. The van der Waals surface area contributed by atoms with Gasteiger partial charge in [-0.15, -0.1) is 0 Å². The third kappa shape index (κ3) is 5.69. The fourth-order valence-electron chi connectivity index (χ4n) is 3.10. The van der Waals surface area contributed by atoms with Gasteiger partial charge in [-0.1, -0.05) is 13.8 Å². The highest BCUT2D eigenvalue weighted by molar-refractivity contribution is 5.96. The maximum Gasteiger partial charge on any atom is 0.227 e. The zero-order valence-electron chi connectivity index (χ0n) is 15.3. The summed E-state index contributed by atoms with van der Waals surface area (Å²) in [5.74, 6) is 0.538. The van der Waals surface area contributed by atoms with Crippen molar-refractivity contribution in [2.24, 2.45) is 17.8 Å². The first-order valence-corrected chi connectivity index (χ1v) is 9.06. The molecule has 1 aromatic carbocycles. The summed E-state index contributed by atoms with van der Waals surface area (Å²) in [7, 11) is 0. The number of hydrogen-bond acceptors (Lipinski definition) is 3. The van der Waals surface area contributed by atoms with E-state index in [1.165, 1.54) is 6.92 Å². The molecule has 0 heterocycles. The third-order valence-corrected chi connectivity index (χ3v) is 4.71. The molecular formula is C20H28N2O3. The van der Waals surface area contributed by atoms with Gasteiger partial charge < -0.3 is 10.6 Å². The smallest absolute Gasteiger partial charge is 0.227 e. The second kappa shape index (κ2) is 8.79. The average molecular weight is 344 g/mol. The highest BCUT2D eigenvalue weighted by atomic mass is 16.2. The van der Waals surface area contributed by atoms with Gasteiger partial charge in [0.25, 0.3) is 0 Å². The molecular weight excluding hydrogens is 316 g/mol. The molecule has 1 saturated carbocycles. The van der Waals surface area contributed by atoms with Crippen LogP contribution in [-0.2, 0) is 9.59 Å². The number of ketones is 1. The lowest BCUT2D eigenvalue weighted by Crippen LogP contribution is -2.37. The van der Waals surface area contributed by atoms with Crippen LogP contribution in [0.15, 0.2) is 24.3 Å². The molecule has 1 aliphatic rings. The van der Waals surface area contributed by atoms with Gasteiger partial charge in [-0.25, -0.2) is 0 Å². The number of carbonyl (C=O) groups is 3. The molecule has 2 N–H and O–H groups in total. The number of nitrogens with one attached hydrogen (secondary N) is 2. The molecule has 2 amide bonds. The average Bonchev–Trinajstić information content (AvgIpc) is 2.60. The quantitative estimate of drug-likeness (QED) is 0.777. The molecule has 0 atom stereocenters. The van der Waals surface area contributed by atoms with Crippen molar-refractivity contribution in [1.82, 2.24) is 5.32 Å². The van der Waals surface area contributed by atoms with Gasteiger partial charge in [0.05, 0.1) is 0 Å². The molecule has 0 radical (unpaired) electrons. The summed E-state index contributed by atoms with van der Waals surface area (Å²) in [5, 5.41) is 5.89.